The van der Waals surface area contributed by atoms with E-state index in [0.29, 0.717) is 12.3 Å². The molecule has 6 heteroatoms. The minimum absolute atomic E-state index is 0.00285. The number of phenolic OH excluding ortho intramolecular Hbond substituents is 1. The van der Waals surface area contributed by atoms with E-state index >= 15 is 0 Å². The molecule has 1 heterocycles. The van der Waals surface area contributed by atoms with Crippen LogP contribution >= 0.6 is 11.8 Å². The average molecular weight is 334 g/mol. The van der Waals surface area contributed by atoms with Crippen LogP contribution in [-0.2, 0) is 16.1 Å². The number of hydrogen-bond acceptors (Lipinski definition) is 4. The first-order chi connectivity index (χ1) is 10.9. The van der Waals surface area contributed by atoms with Gasteiger partial charge >= 0.3 is 0 Å². The molecule has 0 bridgehead atoms. The Morgan fingerprint density at radius 1 is 1.35 bits per heavy atom. The first-order valence-corrected chi connectivity index (χ1v) is 8.89. The summed E-state index contributed by atoms with van der Waals surface area (Å²) >= 11 is 1.53. The van der Waals surface area contributed by atoms with E-state index in [1.165, 1.54) is 11.8 Å². The summed E-state index contributed by atoms with van der Waals surface area (Å²) in [6.07, 6.45) is 2.03. The van der Waals surface area contributed by atoms with Crippen molar-refractivity contribution in [2.45, 2.75) is 50.1 Å². The molecule has 5 nitrogen and oxygen atoms in total. The van der Waals surface area contributed by atoms with Crippen molar-refractivity contribution in [3.63, 3.8) is 0 Å². The van der Waals surface area contributed by atoms with Crippen LogP contribution in [-0.4, -0.2) is 44.4 Å². The number of amides is 2. The Kier molecular flexibility index (Phi) is 4.27. The summed E-state index contributed by atoms with van der Waals surface area (Å²) in [6, 6.07) is 6.74. The van der Waals surface area contributed by atoms with Gasteiger partial charge in [-0.05, 0) is 44.4 Å². The molecule has 2 amide bonds. The highest BCUT2D eigenvalue weighted by atomic mass is 32.2. The van der Waals surface area contributed by atoms with Gasteiger partial charge in [0.2, 0.25) is 11.8 Å². The fourth-order valence-electron chi connectivity index (χ4n) is 2.64. The lowest BCUT2D eigenvalue weighted by Crippen LogP contribution is -2.58. The Hall–Kier alpha value is -1.69. The van der Waals surface area contributed by atoms with E-state index in [2.05, 4.69) is 5.32 Å². The van der Waals surface area contributed by atoms with E-state index in [0.717, 1.165) is 18.4 Å². The van der Waals surface area contributed by atoms with Crippen molar-refractivity contribution in [2.75, 3.05) is 5.75 Å². The second kappa shape index (κ2) is 6.07. The molecule has 1 aromatic carbocycles. The lowest BCUT2D eigenvalue weighted by molar-refractivity contribution is -0.137. The molecule has 124 valence electrons. The van der Waals surface area contributed by atoms with E-state index in [1.807, 2.05) is 30.9 Å². The summed E-state index contributed by atoms with van der Waals surface area (Å²) in [5.74, 6) is 0.747. The zero-order chi connectivity index (χ0) is 16.6. The normalized spacial score (nSPS) is 23.2. The average Bonchev–Trinajstić information content (AvgIpc) is 3.33. The first-order valence-electron chi connectivity index (χ1n) is 7.90. The van der Waals surface area contributed by atoms with Crippen LogP contribution in [0.25, 0.3) is 0 Å². The molecule has 1 aromatic rings. The van der Waals surface area contributed by atoms with Crippen LogP contribution in [0.5, 0.6) is 5.75 Å². The molecule has 1 saturated heterocycles. The van der Waals surface area contributed by atoms with E-state index in [1.54, 1.807) is 12.1 Å². The van der Waals surface area contributed by atoms with Gasteiger partial charge in [0, 0.05) is 18.3 Å². The van der Waals surface area contributed by atoms with Gasteiger partial charge in [-0.3, -0.25) is 9.59 Å². The molecule has 1 aliphatic carbocycles. The summed E-state index contributed by atoms with van der Waals surface area (Å²) in [4.78, 5) is 26.8. The molecule has 0 spiro atoms. The molecule has 1 aliphatic heterocycles. The Bertz CT molecular complexity index is 611. The molecule has 2 fully saturated rings. The Morgan fingerprint density at radius 3 is 2.57 bits per heavy atom. The van der Waals surface area contributed by atoms with Crippen LogP contribution in [0.4, 0.5) is 0 Å². The van der Waals surface area contributed by atoms with Crippen LogP contribution < -0.4 is 5.32 Å². The number of carbonyl (C=O) groups is 2. The third kappa shape index (κ3) is 3.63. The van der Waals surface area contributed by atoms with E-state index in [9.17, 15) is 14.7 Å². The topological polar surface area (TPSA) is 69.6 Å². The van der Waals surface area contributed by atoms with Gasteiger partial charge in [-0.15, -0.1) is 11.8 Å². The van der Waals surface area contributed by atoms with Crippen molar-refractivity contribution in [3.8, 4) is 5.75 Å². The molecular formula is C17H22N2O3S. The third-order valence-corrected chi connectivity index (χ3v) is 5.73. The molecule has 3 rings (SSSR count). The van der Waals surface area contributed by atoms with E-state index in [4.69, 9.17) is 0 Å². The SMILES string of the molecule is CC1(C)SC[C@@H](C(=O)N(Cc2ccc(O)cc2)C2CC2)NC1=O. The summed E-state index contributed by atoms with van der Waals surface area (Å²) in [5, 5.41) is 12.2. The van der Waals surface area contributed by atoms with Crippen LogP contribution in [0.3, 0.4) is 0 Å². The molecule has 1 saturated carbocycles. The Balaban J connectivity index is 1.70. The fraction of sp³-hybridized carbons (Fsp3) is 0.529. The number of nitrogens with zero attached hydrogens (tertiary/aromatic N) is 1. The molecule has 0 aromatic heterocycles. The van der Waals surface area contributed by atoms with Crippen molar-refractivity contribution < 1.29 is 14.7 Å². The highest BCUT2D eigenvalue weighted by Crippen LogP contribution is 2.33. The van der Waals surface area contributed by atoms with Crippen LogP contribution in [0.2, 0.25) is 0 Å². The molecule has 1 atom stereocenters. The molecule has 2 aliphatic rings. The third-order valence-electron chi connectivity index (χ3n) is 4.32. The number of nitrogens with one attached hydrogen (secondary N) is 1. The maximum Gasteiger partial charge on any atom is 0.246 e. The van der Waals surface area contributed by atoms with E-state index < -0.39 is 10.8 Å². The smallest absolute Gasteiger partial charge is 0.246 e. The Labute approximate surface area is 140 Å². The standard InChI is InChI=1S/C17H22N2O3S/c1-17(2)16(22)18-14(10-23-17)15(21)19(12-5-6-12)9-11-3-7-13(20)8-4-11/h3-4,7-8,12,14,20H,5-6,9-10H2,1-2H3,(H,18,22)/t14-/m0/s1. The monoisotopic (exact) mass is 334 g/mol. The zero-order valence-electron chi connectivity index (χ0n) is 13.4. The van der Waals surface area contributed by atoms with Crippen LogP contribution in [0.1, 0.15) is 32.3 Å². The second-order valence-corrected chi connectivity index (χ2v) is 8.35. The van der Waals surface area contributed by atoms with Gasteiger partial charge in [0.05, 0.1) is 4.75 Å². The number of benzene rings is 1. The number of aromatic hydroxyl groups is 1. The Morgan fingerprint density at radius 2 is 2.00 bits per heavy atom. The molecular weight excluding hydrogens is 312 g/mol. The van der Waals surface area contributed by atoms with Gasteiger partial charge in [-0.25, -0.2) is 0 Å². The van der Waals surface area contributed by atoms with Crippen molar-refractivity contribution in [1.29, 1.82) is 0 Å². The summed E-state index contributed by atoms with van der Waals surface area (Å²) in [7, 11) is 0. The summed E-state index contributed by atoms with van der Waals surface area (Å²) < 4.78 is -0.474. The highest BCUT2D eigenvalue weighted by Gasteiger charge is 2.42. The van der Waals surface area contributed by atoms with Gasteiger partial charge in [-0.1, -0.05) is 12.1 Å². The van der Waals surface area contributed by atoms with Crippen molar-refractivity contribution >= 4 is 23.6 Å². The quantitative estimate of drug-likeness (QED) is 0.882. The van der Waals surface area contributed by atoms with E-state index in [-0.39, 0.29) is 23.6 Å². The van der Waals surface area contributed by atoms with Gasteiger partial charge < -0.3 is 15.3 Å². The number of phenols is 1. The largest absolute Gasteiger partial charge is 0.508 e. The van der Waals surface area contributed by atoms with Crippen molar-refractivity contribution in [3.05, 3.63) is 29.8 Å². The molecule has 2 N–H and O–H groups in total. The first kappa shape index (κ1) is 16.2. The van der Waals surface area contributed by atoms with Gasteiger partial charge in [-0.2, -0.15) is 0 Å². The highest BCUT2D eigenvalue weighted by molar-refractivity contribution is 8.01. The predicted octanol–water partition coefficient (Wildman–Crippen LogP) is 1.89. The van der Waals surface area contributed by atoms with Crippen molar-refractivity contribution in [2.24, 2.45) is 0 Å². The number of thioether (sulfide) groups is 1. The minimum Gasteiger partial charge on any atom is -0.508 e. The van der Waals surface area contributed by atoms with Crippen LogP contribution in [0, 0.1) is 0 Å². The number of carbonyl (C=O) groups excluding carboxylic acids is 2. The molecule has 0 unspecified atom stereocenters. The maximum atomic E-state index is 12.9. The molecule has 23 heavy (non-hydrogen) atoms. The fourth-order valence-corrected chi connectivity index (χ4v) is 3.63. The maximum absolute atomic E-state index is 12.9. The number of hydrogen-bond donors (Lipinski definition) is 2. The second-order valence-electron chi connectivity index (χ2n) is 6.71. The van der Waals surface area contributed by atoms with Gasteiger partial charge in [0.25, 0.3) is 0 Å². The van der Waals surface area contributed by atoms with Gasteiger partial charge in [0.1, 0.15) is 11.8 Å². The lowest BCUT2D eigenvalue weighted by atomic mass is 10.1. The summed E-state index contributed by atoms with van der Waals surface area (Å²) in [6.45, 7) is 4.27. The van der Waals surface area contributed by atoms with Crippen molar-refractivity contribution in [1.82, 2.24) is 10.2 Å². The minimum atomic E-state index is -0.474. The van der Waals surface area contributed by atoms with Gasteiger partial charge in [0.15, 0.2) is 0 Å². The predicted molar refractivity (Wildman–Crippen MR) is 90.1 cm³/mol. The number of rotatable bonds is 4. The van der Waals surface area contributed by atoms with Crippen LogP contribution in [0.15, 0.2) is 24.3 Å². The lowest BCUT2D eigenvalue weighted by Gasteiger charge is -2.35. The molecule has 0 radical (unpaired) electrons. The summed E-state index contributed by atoms with van der Waals surface area (Å²) in [5.41, 5.74) is 0.984. The zero-order valence-corrected chi connectivity index (χ0v) is 14.2.